The predicted molar refractivity (Wildman–Crippen MR) is 129 cm³/mol. The van der Waals surface area contributed by atoms with Crippen LogP contribution in [0.25, 0.3) is 0 Å². The summed E-state index contributed by atoms with van der Waals surface area (Å²) in [6.07, 6.45) is 5.25. The minimum absolute atomic E-state index is 0.143. The van der Waals surface area contributed by atoms with Crippen molar-refractivity contribution in [3.8, 4) is 5.75 Å². The average Bonchev–Trinajstić information content (AvgIpc) is 2.95. The summed E-state index contributed by atoms with van der Waals surface area (Å²) >= 11 is 3.35. The number of halogens is 1. The van der Waals surface area contributed by atoms with Gasteiger partial charge in [0.1, 0.15) is 12.0 Å². The Kier molecular flexibility index (Phi) is 9.93. The molecule has 3 rings (SSSR count). The number of rotatable bonds is 7. The molecule has 0 spiro atoms. The van der Waals surface area contributed by atoms with Crippen LogP contribution in [0.4, 0.5) is 15.8 Å². The molecule has 7 heteroatoms. The number of benzene rings is 2. The van der Waals surface area contributed by atoms with Crippen molar-refractivity contribution in [2.24, 2.45) is 5.41 Å². The van der Waals surface area contributed by atoms with E-state index >= 15 is 0 Å². The van der Waals surface area contributed by atoms with Crippen molar-refractivity contribution in [1.82, 2.24) is 0 Å². The molecule has 1 N–H and O–H groups in total. The molecule has 1 heterocycles. The van der Waals surface area contributed by atoms with Gasteiger partial charge in [-0.05, 0) is 42.4 Å². The van der Waals surface area contributed by atoms with Crippen molar-refractivity contribution in [3.05, 3.63) is 54.6 Å². The highest BCUT2D eigenvalue weighted by Gasteiger charge is 2.32. The summed E-state index contributed by atoms with van der Waals surface area (Å²) in [6, 6.07) is 14.5. The molecule has 0 aromatic heterocycles. The first-order valence-corrected chi connectivity index (χ1v) is 12.3. The number of ether oxygens (including phenoxy) is 1. The lowest BCUT2D eigenvalue weighted by molar-refractivity contribution is -0.106. The minimum atomic E-state index is -0.930. The van der Waals surface area contributed by atoms with Crippen LogP contribution in [-0.2, 0) is 4.79 Å². The van der Waals surface area contributed by atoms with E-state index in [4.69, 9.17) is 9.84 Å². The molecule has 31 heavy (non-hydrogen) atoms. The molecule has 0 radical (unpaired) electrons. The fraction of sp³-hybridized carbons (Fsp3) is 0.375. The number of fused-ring (bicyclic) bond motifs is 1. The van der Waals surface area contributed by atoms with Crippen LogP contribution in [-0.4, -0.2) is 37.1 Å². The number of anilines is 2. The third-order valence-corrected chi connectivity index (χ3v) is 7.22. The highest BCUT2D eigenvalue weighted by molar-refractivity contribution is 7.99. The summed E-state index contributed by atoms with van der Waals surface area (Å²) in [7, 11) is 1.00. The van der Waals surface area contributed by atoms with E-state index in [1.54, 1.807) is 11.8 Å². The third kappa shape index (κ3) is 6.51. The number of thioether (sulfide) groups is 2. The van der Waals surface area contributed by atoms with Gasteiger partial charge in [-0.25, -0.2) is 0 Å². The zero-order valence-electron chi connectivity index (χ0n) is 18.4. The van der Waals surface area contributed by atoms with Gasteiger partial charge in [0.2, 0.25) is 0 Å². The highest BCUT2D eigenvalue weighted by atomic mass is 32.2. The molecule has 4 nitrogen and oxygen atoms in total. The largest absolute Gasteiger partial charge is 0.461 e. The Morgan fingerprint density at radius 1 is 1.32 bits per heavy atom. The van der Waals surface area contributed by atoms with Crippen molar-refractivity contribution in [2.45, 2.75) is 36.5 Å². The van der Waals surface area contributed by atoms with Gasteiger partial charge >= 0.3 is 0 Å². The molecular weight excluding hydrogens is 433 g/mol. The van der Waals surface area contributed by atoms with Gasteiger partial charge in [0, 0.05) is 30.0 Å². The Balaban J connectivity index is 0.00000166. The number of allylic oxidation sites excluding steroid dienone is 1. The zero-order chi connectivity index (χ0) is 22.9. The standard InChI is InChI=1S/C23H26FNO2S2.CH4O/c1-4-10-23(2)15-25(18-8-6-5-7-9-18)19-11-22(28-3)20(12-21(19)29-16-23)27-14-17(24)13-26;1-2/h5-9,11-14H,4,10,15-16H2,1-3H3;2H,1H3/b17-14-;. The third-order valence-electron chi connectivity index (χ3n) is 4.98. The predicted octanol–water partition coefficient (Wildman–Crippen LogP) is 6.46. The first kappa shape index (κ1) is 25.3. The topological polar surface area (TPSA) is 49.8 Å². The molecule has 0 saturated carbocycles. The van der Waals surface area contributed by atoms with Crippen molar-refractivity contribution >= 4 is 41.2 Å². The first-order valence-electron chi connectivity index (χ1n) is 10.1. The smallest absolute Gasteiger partial charge is 0.197 e. The lowest BCUT2D eigenvalue weighted by Crippen LogP contribution is -2.33. The second kappa shape index (κ2) is 12.2. The number of carbonyl (C=O) groups excluding carboxylic acids is 1. The lowest BCUT2D eigenvalue weighted by Gasteiger charge is -2.34. The van der Waals surface area contributed by atoms with Gasteiger partial charge in [-0.3, -0.25) is 4.79 Å². The summed E-state index contributed by atoms with van der Waals surface area (Å²) < 4.78 is 18.8. The molecule has 0 fully saturated rings. The fourth-order valence-electron chi connectivity index (χ4n) is 3.61. The minimum Gasteiger partial charge on any atom is -0.461 e. The van der Waals surface area contributed by atoms with Crippen LogP contribution in [0.3, 0.4) is 0 Å². The summed E-state index contributed by atoms with van der Waals surface area (Å²) in [5.41, 5.74) is 2.46. The number of para-hydroxylation sites is 1. The van der Waals surface area contributed by atoms with Gasteiger partial charge in [-0.15, -0.1) is 23.5 Å². The van der Waals surface area contributed by atoms with E-state index in [0.29, 0.717) is 5.75 Å². The van der Waals surface area contributed by atoms with E-state index in [1.165, 1.54) is 0 Å². The van der Waals surface area contributed by atoms with Crippen LogP contribution in [0, 0.1) is 5.41 Å². The molecule has 1 atom stereocenters. The number of hydrogen-bond donors (Lipinski definition) is 1. The molecule has 2 aromatic rings. The number of aliphatic hydroxyl groups is 1. The van der Waals surface area contributed by atoms with Crippen LogP contribution < -0.4 is 9.64 Å². The van der Waals surface area contributed by atoms with E-state index in [1.807, 2.05) is 30.2 Å². The Morgan fingerprint density at radius 2 is 2.03 bits per heavy atom. The molecular formula is C24H30FNO3S2. The molecule has 0 saturated heterocycles. The summed E-state index contributed by atoms with van der Waals surface area (Å²) in [5, 5.41) is 7.00. The highest BCUT2D eigenvalue weighted by Crippen LogP contribution is 2.48. The fourth-order valence-corrected chi connectivity index (χ4v) is 5.40. The lowest BCUT2D eigenvalue weighted by atomic mass is 9.87. The van der Waals surface area contributed by atoms with E-state index in [9.17, 15) is 9.18 Å². The molecule has 0 aliphatic carbocycles. The Hall–Kier alpha value is -1.96. The van der Waals surface area contributed by atoms with Crippen LogP contribution in [0.15, 0.2) is 64.3 Å². The maximum atomic E-state index is 13.3. The number of nitrogens with zero attached hydrogens (tertiary/aromatic N) is 1. The van der Waals surface area contributed by atoms with Crippen molar-refractivity contribution < 1.29 is 19.0 Å². The van der Waals surface area contributed by atoms with Crippen LogP contribution in [0.5, 0.6) is 5.75 Å². The molecule has 2 aromatic carbocycles. The van der Waals surface area contributed by atoms with Crippen molar-refractivity contribution in [3.63, 3.8) is 0 Å². The van der Waals surface area contributed by atoms with E-state index in [-0.39, 0.29) is 11.7 Å². The second-order valence-electron chi connectivity index (χ2n) is 7.48. The Bertz CT molecular complexity index is 892. The zero-order valence-corrected chi connectivity index (χ0v) is 20.1. The van der Waals surface area contributed by atoms with Gasteiger partial charge in [0.25, 0.3) is 0 Å². The number of aliphatic hydroxyl groups excluding tert-OH is 1. The molecule has 1 aliphatic rings. The summed E-state index contributed by atoms with van der Waals surface area (Å²) in [4.78, 5) is 14.9. The van der Waals surface area contributed by atoms with Gasteiger partial charge in [-0.1, -0.05) is 38.5 Å². The number of hydrogen-bond acceptors (Lipinski definition) is 6. The summed E-state index contributed by atoms with van der Waals surface area (Å²) in [5.74, 6) is 0.627. The SMILES string of the molecule is CCCC1(C)CSc2cc(O/C=C(\F)C=O)c(SC)cc2N(c2ccccc2)C1.CO. The number of aldehydes is 1. The van der Waals surface area contributed by atoms with Gasteiger partial charge in [0.05, 0.1) is 10.6 Å². The van der Waals surface area contributed by atoms with Crippen molar-refractivity contribution in [1.29, 1.82) is 0 Å². The van der Waals surface area contributed by atoms with Crippen molar-refractivity contribution in [2.75, 3.05) is 30.6 Å². The normalized spacial score (nSPS) is 18.4. The average molecular weight is 464 g/mol. The van der Waals surface area contributed by atoms with Crippen LogP contribution in [0.2, 0.25) is 0 Å². The molecule has 0 amide bonds. The van der Waals surface area contributed by atoms with Gasteiger partial charge < -0.3 is 14.7 Å². The molecule has 0 bridgehead atoms. The maximum Gasteiger partial charge on any atom is 0.197 e. The van der Waals surface area contributed by atoms with Crippen LogP contribution in [0.1, 0.15) is 26.7 Å². The Labute approximate surface area is 192 Å². The van der Waals surface area contributed by atoms with Gasteiger partial charge in [-0.2, -0.15) is 4.39 Å². The summed E-state index contributed by atoms with van der Waals surface area (Å²) in [6.45, 7) is 5.51. The maximum absolute atomic E-state index is 13.3. The van der Waals surface area contributed by atoms with Crippen LogP contribution >= 0.6 is 23.5 Å². The molecule has 168 valence electrons. The molecule has 1 aliphatic heterocycles. The van der Waals surface area contributed by atoms with Gasteiger partial charge in [0.15, 0.2) is 12.1 Å². The quantitative estimate of drug-likeness (QED) is 0.220. The monoisotopic (exact) mass is 463 g/mol. The first-order chi connectivity index (χ1) is 15.0. The number of carbonyl (C=O) groups is 1. The second-order valence-corrected chi connectivity index (χ2v) is 9.35. The molecule has 1 unspecified atom stereocenters. The van der Waals surface area contributed by atoms with E-state index in [2.05, 4.69) is 49.1 Å². The van der Waals surface area contributed by atoms with E-state index in [0.717, 1.165) is 59.7 Å². The Morgan fingerprint density at radius 3 is 2.65 bits per heavy atom. The van der Waals surface area contributed by atoms with E-state index < -0.39 is 5.83 Å².